The summed E-state index contributed by atoms with van der Waals surface area (Å²) in [7, 11) is 0. The maximum atomic E-state index is 12.8. The first-order valence-corrected chi connectivity index (χ1v) is 10.7. The van der Waals surface area contributed by atoms with Gasteiger partial charge in [0.2, 0.25) is 5.88 Å². The van der Waals surface area contributed by atoms with E-state index in [0.29, 0.717) is 0 Å². The Bertz CT molecular complexity index is 1100. The summed E-state index contributed by atoms with van der Waals surface area (Å²) in [6, 6.07) is 9.04. The summed E-state index contributed by atoms with van der Waals surface area (Å²) in [6.07, 6.45) is 6.50. The van der Waals surface area contributed by atoms with Crippen LogP contribution in [0.2, 0.25) is 0 Å². The number of anilines is 1. The van der Waals surface area contributed by atoms with Gasteiger partial charge in [-0.15, -0.1) is 0 Å². The molecule has 1 aliphatic rings. The molecule has 1 aromatic carbocycles. The number of thioether (sulfide) groups is 1. The summed E-state index contributed by atoms with van der Waals surface area (Å²) >= 11 is -0.232. The lowest BCUT2D eigenvalue weighted by Crippen LogP contribution is -2.30. The van der Waals surface area contributed by atoms with Crippen LogP contribution < -0.4 is 10.6 Å². The third kappa shape index (κ3) is 5.07. The molecule has 164 valence electrons. The van der Waals surface area contributed by atoms with Crippen molar-refractivity contribution in [3.63, 3.8) is 0 Å². The Morgan fingerprint density at radius 1 is 1.06 bits per heavy atom. The molecular weight excluding hydrogens is 429 g/mol. The van der Waals surface area contributed by atoms with Crippen LogP contribution in [0.5, 0.6) is 5.88 Å². The highest BCUT2D eigenvalue weighted by molar-refractivity contribution is 8.00. The summed E-state index contributed by atoms with van der Waals surface area (Å²) < 4.78 is 40.0. The normalized spacial score (nSPS) is 14.7. The standard InChI is InChI=1S/C21H21F3N4O2S/c22-21(23,24)31-17-6-4-16(5-7-17)28-19(29)14-27(20(28)30)13-15-8-9-25-18(12-15)26-10-2-1-3-11-26/h4-9,12,14,29H,1-3,10-11,13H2. The number of imidazole rings is 1. The van der Waals surface area contributed by atoms with E-state index in [-0.39, 0.29) is 34.8 Å². The Labute approximate surface area is 180 Å². The number of piperidine rings is 1. The smallest absolute Gasteiger partial charge is 0.446 e. The van der Waals surface area contributed by atoms with Crippen molar-refractivity contribution in [3.8, 4) is 11.6 Å². The second-order valence-electron chi connectivity index (χ2n) is 7.34. The van der Waals surface area contributed by atoms with Crippen LogP contribution in [-0.2, 0) is 6.54 Å². The summed E-state index contributed by atoms with van der Waals surface area (Å²) in [4.78, 5) is 19.5. The van der Waals surface area contributed by atoms with Gasteiger partial charge in [-0.2, -0.15) is 13.2 Å². The predicted octanol–water partition coefficient (Wildman–Crippen LogP) is 4.39. The monoisotopic (exact) mass is 450 g/mol. The zero-order valence-electron chi connectivity index (χ0n) is 16.5. The van der Waals surface area contributed by atoms with Crippen molar-refractivity contribution in [3.05, 3.63) is 64.8 Å². The molecule has 1 N–H and O–H groups in total. The van der Waals surface area contributed by atoms with Gasteiger partial charge in [-0.1, -0.05) is 0 Å². The lowest BCUT2D eigenvalue weighted by atomic mass is 10.1. The van der Waals surface area contributed by atoms with Crippen LogP contribution in [0.15, 0.2) is 58.5 Å². The van der Waals surface area contributed by atoms with Gasteiger partial charge in [-0.25, -0.2) is 14.3 Å². The second kappa shape index (κ2) is 8.70. The molecule has 0 unspecified atom stereocenters. The van der Waals surface area contributed by atoms with Crippen LogP contribution in [0.4, 0.5) is 19.0 Å². The van der Waals surface area contributed by atoms with E-state index >= 15 is 0 Å². The maximum absolute atomic E-state index is 12.8. The average Bonchev–Trinajstić information content (AvgIpc) is 3.01. The summed E-state index contributed by atoms with van der Waals surface area (Å²) in [6.45, 7) is 2.15. The third-order valence-electron chi connectivity index (χ3n) is 5.11. The Balaban J connectivity index is 1.56. The van der Waals surface area contributed by atoms with Crippen LogP contribution in [0.3, 0.4) is 0 Å². The molecule has 0 aliphatic carbocycles. The average molecular weight is 450 g/mol. The zero-order chi connectivity index (χ0) is 22.0. The molecule has 4 rings (SSSR count). The number of pyridine rings is 1. The molecule has 3 heterocycles. The number of aromatic nitrogens is 3. The molecular formula is C21H21F3N4O2S. The molecule has 0 amide bonds. The molecule has 1 fully saturated rings. The molecule has 3 aromatic rings. The van der Waals surface area contributed by atoms with Crippen molar-refractivity contribution in [2.75, 3.05) is 18.0 Å². The summed E-state index contributed by atoms with van der Waals surface area (Å²) in [5.41, 5.74) is -3.71. The van der Waals surface area contributed by atoms with Crippen molar-refractivity contribution in [2.24, 2.45) is 0 Å². The van der Waals surface area contributed by atoms with E-state index in [0.717, 1.165) is 41.9 Å². The van der Waals surface area contributed by atoms with E-state index in [9.17, 15) is 23.1 Å². The maximum Gasteiger partial charge on any atom is 0.446 e. The van der Waals surface area contributed by atoms with Gasteiger partial charge in [-0.3, -0.25) is 4.57 Å². The van der Waals surface area contributed by atoms with Crippen molar-refractivity contribution in [2.45, 2.75) is 36.2 Å². The number of hydrogen-bond acceptors (Lipinski definition) is 5. The fraction of sp³-hybridized carbons (Fsp3) is 0.333. The number of halogens is 3. The molecule has 0 saturated carbocycles. The first-order valence-electron chi connectivity index (χ1n) is 9.87. The van der Waals surface area contributed by atoms with Crippen molar-refractivity contribution in [1.82, 2.24) is 14.1 Å². The minimum Gasteiger partial charge on any atom is -0.493 e. The van der Waals surface area contributed by atoms with Crippen LogP contribution in [0.1, 0.15) is 24.8 Å². The Morgan fingerprint density at radius 2 is 1.77 bits per heavy atom. The van der Waals surface area contributed by atoms with E-state index in [2.05, 4.69) is 9.88 Å². The number of hydrogen-bond donors (Lipinski definition) is 1. The molecule has 1 saturated heterocycles. The van der Waals surface area contributed by atoms with Crippen molar-refractivity contribution >= 4 is 17.6 Å². The quantitative estimate of drug-likeness (QED) is 0.584. The van der Waals surface area contributed by atoms with Gasteiger partial charge in [0.05, 0.1) is 18.4 Å². The Morgan fingerprint density at radius 3 is 2.45 bits per heavy atom. The SMILES string of the molecule is O=c1n(Cc2ccnc(N3CCCCC3)c2)cc(O)n1-c1ccc(SC(F)(F)F)cc1. The molecule has 0 spiro atoms. The summed E-state index contributed by atoms with van der Waals surface area (Å²) in [5.74, 6) is 0.582. The fourth-order valence-electron chi connectivity index (χ4n) is 3.68. The molecule has 0 radical (unpaired) electrons. The summed E-state index contributed by atoms with van der Waals surface area (Å²) in [5, 5.41) is 10.3. The van der Waals surface area contributed by atoms with Crippen LogP contribution in [0.25, 0.3) is 5.69 Å². The van der Waals surface area contributed by atoms with Gasteiger partial charge < -0.3 is 10.0 Å². The molecule has 31 heavy (non-hydrogen) atoms. The number of nitrogens with zero attached hydrogens (tertiary/aromatic N) is 4. The molecule has 6 nitrogen and oxygen atoms in total. The number of rotatable bonds is 5. The van der Waals surface area contributed by atoms with Crippen LogP contribution in [0, 0.1) is 0 Å². The highest BCUT2D eigenvalue weighted by Crippen LogP contribution is 2.37. The highest BCUT2D eigenvalue weighted by atomic mass is 32.2. The molecule has 10 heteroatoms. The van der Waals surface area contributed by atoms with Gasteiger partial charge in [0.25, 0.3) is 0 Å². The topological polar surface area (TPSA) is 63.3 Å². The largest absolute Gasteiger partial charge is 0.493 e. The van der Waals surface area contributed by atoms with E-state index in [1.807, 2.05) is 12.1 Å². The van der Waals surface area contributed by atoms with E-state index in [4.69, 9.17) is 0 Å². The minimum atomic E-state index is -4.39. The first kappa shape index (κ1) is 21.4. The fourth-order valence-corrected chi connectivity index (χ4v) is 4.22. The van der Waals surface area contributed by atoms with Gasteiger partial charge in [0.1, 0.15) is 5.82 Å². The second-order valence-corrected chi connectivity index (χ2v) is 8.48. The van der Waals surface area contributed by atoms with Crippen LogP contribution >= 0.6 is 11.8 Å². The highest BCUT2D eigenvalue weighted by Gasteiger charge is 2.29. The lowest BCUT2D eigenvalue weighted by Gasteiger charge is -2.27. The molecule has 0 atom stereocenters. The van der Waals surface area contributed by atoms with Crippen molar-refractivity contribution in [1.29, 1.82) is 0 Å². The van der Waals surface area contributed by atoms with E-state index in [1.165, 1.54) is 41.5 Å². The number of aromatic hydroxyl groups is 1. The van der Waals surface area contributed by atoms with Gasteiger partial charge in [0.15, 0.2) is 0 Å². The number of benzene rings is 1. The Hall–Kier alpha value is -2.88. The first-order chi connectivity index (χ1) is 14.8. The zero-order valence-corrected chi connectivity index (χ0v) is 17.4. The number of alkyl halides is 3. The van der Waals surface area contributed by atoms with Gasteiger partial charge >= 0.3 is 11.2 Å². The van der Waals surface area contributed by atoms with Crippen molar-refractivity contribution < 1.29 is 18.3 Å². The van der Waals surface area contributed by atoms with E-state index in [1.54, 1.807) is 6.20 Å². The molecule has 2 aromatic heterocycles. The van der Waals surface area contributed by atoms with Gasteiger partial charge in [-0.05, 0) is 73.0 Å². The Kier molecular flexibility index (Phi) is 5.99. The predicted molar refractivity (Wildman–Crippen MR) is 113 cm³/mol. The molecule has 0 bridgehead atoms. The molecule has 1 aliphatic heterocycles. The minimum absolute atomic E-state index is 0.00486. The lowest BCUT2D eigenvalue weighted by molar-refractivity contribution is -0.0328. The van der Waals surface area contributed by atoms with Gasteiger partial charge in [0, 0.05) is 24.2 Å². The van der Waals surface area contributed by atoms with Crippen LogP contribution in [-0.4, -0.2) is 37.8 Å². The third-order valence-corrected chi connectivity index (χ3v) is 5.85. The van der Waals surface area contributed by atoms with E-state index < -0.39 is 11.2 Å².